The Balaban J connectivity index is 2.42. The second-order valence-corrected chi connectivity index (χ2v) is 3.81. The third-order valence-electron chi connectivity index (χ3n) is 1.79. The molecular weight excluding hydrogens is 233 g/mol. The molecular formula is C9H6FN3O2S. The third kappa shape index (κ3) is 2.03. The van der Waals surface area contributed by atoms with Crippen molar-refractivity contribution in [2.45, 2.75) is 10.1 Å². The van der Waals surface area contributed by atoms with E-state index in [0.717, 1.165) is 11.8 Å². The van der Waals surface area contributed by atoms with Crippen LogP contribution in [0.1, 0.15) is 10.4 Å². The summed E-state index contributed by atoms with van der Waals surface area (Å²) in [5, 5.41) is 15.3. The highest BCUT2D eigenvalue weighted by molar-refractivity contribution is 7.99. The highest BCUT2D eigenvalue weighted by atomic mass is 32.2. The zero-order valence-corrected chi connectivity index (χ0v) is 8.66. The fourth-order valence-corrected chi connectivity index (χ4v) is 1.94. The van der Waals surface area contributed by atoms with Gasteiger partial charge in [-0.1, -0.05) is 6.07 Å². The Morgan fingerprint density at radius 2 is 2.31 bits per heavy atom. The first-order valence-corrected chi connectivity index (χ1v) is 5.05. The molecule has 2 aromatic rings. The Morgan fingerprint density at radius 3 is 2.94 bits per heavy atom. The van der Waals surface area contributed by atoms with Gasteiger partial charge in [-0.2, -0.15) is 5.10 Å². The Morgan fingerprint density at radius 1 is 1.50 bits per heavy atom. The number of carboxylic acids is 1. The SMILES string of the molecule is O=C(O)c1cccc(F)c1Sc1ncn[nH]1. The maximum Gasteiger partial charge on any atom is 0.336 e. The van der Waals surface area contributed by atoms with Crippen LogP contribution in [0, 0.1) is 5.82 Å². The van der Waals surface area contributed by atoms with Crippen molar-refractivity contribution < 1.29 is 14.3 Å². The van der Waals surface area contributed by atoms with Gasteiger partial charge in [-0.25, -0.2) is 14.2 Å². The molecule has 16 heavy (non-hydrogen) atoms. The zero-order chi connectivity index (χ0) is 11.5. The fourth-order valence-electron chi connectivity index (χ4n) is 1.12. The summed E-state index contributed by atoms with van der Waals surface area (Å²) in [6.45, 7) is 0. The molecule has 1 aromatic heterocycles. The van der Waals surface area contributed by atoms with E-state index in [9.17, 15) is 9.18 Å². The molecule has 0 radical (unpaired) electrons. The maximum atomic E-state index is 13.5. The number of aromatic amines is 1. The molecule has 0 atom stereocenters. The van der Waals surface area contributed by atoms with Gasteiger partial charge in [0.05, 0.1) is 10.5 Å². The Labute approximate surface area is 93.7 Å². The van der Waals surface area contributed by atoms with E-state index in [4.69, 9.17) is 5.11 Å². The highest BCUT2D eigenvalue weighted by Gasteiger charge is 2.16. The standard InChI is InChI=1S/C9H6FN3O2S/c10-6-3-1-2-5(8(14)15)7(6)16-9-11-4-12-13-9/h1-4H,(H,14,15)(H,11,12,13). The number of hydrogen-bond donors (Lipinski definition) is 2. The van der Waals surface area contributed by atoms with Gasteiger partial charge in [-0.05, 0) is 23.9 Å². The van der Waals surface area contributed by atoms with E-state index < -0.39 is 11.8 Å². The van der Waals surface area contributed by atoms with Crippen molar-refractivity contribution in [1.82, 2.24) is 15.2 Å². The van der Waals surface area contributed by atoms with E-state index in [1.807, 2.05) is 0 Å². The lowest BCUT2D eigenvalue weighted by Gasteiger charge is -2.04. The number of rotatable bonds is 3. The summed E-state index contributed by atoms with van der Waals surface area (Å²) in [6.07, 6.45) is 1.27. The van der Waals surface area contributed by atoms with Crippen molar-refractivity contribution in [3.8, 4) is 0 Å². The second kappa shape index (κ2) is 4.31. The monoisotopic (exact) mass is 239 g/mol. The zero-order valence-electron chi connectivity index (χ0n) is 7.85. The van der Waals surface area contributed by atoms with Crippen LogP contribution in [-0.4, -0.2) is 26.3 Å². The summed E-state index contributed by atoms with van der Waals surface area (Å²) in [4.78, 5) is 14.7. The number of aromatic nitrogens is 3. The lowest BCUT2D eigenvalue weighted by molar-refractivity contribution is 0.0692. The van der Waals surface area contributed by atoms with Crippen molar-refractivity contribution >= 4 is 17.7 Å². The van der Waals surface area contributed by atoms with Gasteiger partial charge < -0.3 is 5.11 Å². The molecule has 0 aliphatic heterocycles. The molecule has 2 rings (SSSR count). The average molecular weight is 239 g/mol. The van der Waals surface area contributed by atoms with E-state index in [0.29, 0.717) is 5.16 Å². The van der Waals surface area contributed by atoms with E-state index in [1.54, 1.807) is 0 Å². The number of nitrogens with zero attached hydrogens (tertiary/aromatic N) is 2. The molecule has 7 heteroatoms. The molecule has 0 spiro atoms. The minimum absolute atomic E-state index is 0.0201. The smallest absolute Gasteiger partial charge is 0.336 e. The summed E-state index contributed by atoms with van der Waals surface area (Å²) in [6, 6.07) is 3.89. The number of halogens is 1. The van der Waals surface area contributed by atoms with Crippen molar-refractivity contribution in [2.24, 2.45) is 0 Å². The van der Waals surface area contributed by atoms with Crippen LogP contribution in [0.25, 0.3) is 0 Å². The summed E-state index contributed by atoms with van der Waals surface area (Å²) in [5.41, 5.74) is -0.0959. The van der Waals surface area contributed by atoms with Crippen molar-refractivity contribution in [3.05, 3.63) is 35.9 Å². The van der Waals surface area contributed by atoms with E-state index in [-0.39, 0.29) is 10.5 Å². The van der Waals surface area contributed by atoms with Crippen molar-refractivity contribution in [1.29, 1.82) is 0 Å². The van der Waals surface area contributed by atoms with E-state index >= 15 is 0 Å². The van der Waals surface area contributed by atoms with Crippen LogP contribution in [0.15, 0.2) is 34.6 Å². The molecule has 0 bridgehead atoms. The van der Waals surface area contributed by atoms with Crippen LogP contribution in [0.3, 0.4) is 0 Å². The van der Waals surface area contributed by atoms with Gasteiger partial charge in [0.2, 0.25) is 0 Å². The van der Waals surface area contributed by atoms with Gasteiger partial charge in [0, 0.05) is 0 Å². The van der Waals surface area contributed by atoms with E-state index in [2.05, 4.69) is 15.2 Å². The number of nitrogens with one attached hydrogen (secondary N) is 1. The molecule has 1 aromatic carbocycles. The Kier molecular flexibility index (Phi) is 2.86. The van der Waals surface area contributed by atoms with Gasteiger partial charge in [0.25, 0.3) is 0 Å². The molecule has 5 nitrogen and oxygen atoms in total. The van der Waals surface area contributed by atoms with E-state index in [1.165, 1.54) is 24.5 Å². The Hall–Kier alpha value is -1.89. The van der Waals surface area contributed by atoms with Crippen LogP contribution in [-0.2, 0) is 0 Å². The minimum Gasteiger partial charge on any atom is -0.478 e. The van der Waals surface area contributed by atoms with Gasteiger partial charge in [0.1, 0.15) is 12.1 Å². The summed E-state index contributed by atoms with van der Waals surface area (Å²) < 4.78 is 13.5. The molecule has 0 fully saturated rings. The topological polar surface area (TPSA) is 78.9 Å². The van der Waals surface area contributed by atoms with Crippen LogP contribution < -0.4 is 0 Å². The van der Waals surface area contributed by atoms with Crippen molar-refractivity contribution in [2.75, 3.05) is 0 Å². The maximum absolute atomic E-state index is 13.5. The van der Waals surface area contributed by atoms with Crippen molar-refractivity contribution in [3.63, 3.8) is 0 Å². The number of carbonyl (C=O) groups is 1. The second-order valence-electron chi connectivity index (χ2n) is 2.81. The van der Waals surface area contributed by atoms with Gasteiger partial charge in [-0.3, -0.25) is 5.10 Å². The highest BCUT2D eigenvalue weighted by Crippen LogP contribution is 2.30. The molecule has 0 saturated carbocycles. The largest absolute Gasteiger partial charge is 0.478 e. The summed E-state index contributed by atoms with van der Waals surface area (Å²) in [7, 11) is 0. The number of H-pyrrole nitrogens is 1. The number of carboxylic acid groups (broad SMARTS) is 1. The lowest BCUT2D eigenvalue weighted by Crippen LogP contribution is -2.00. The molecule has 0 aliphatic rings. The van der Waals surface area contributed by atoms with Crippen LogP contribution in [0.4, 0.5) is 4.39 Å². The number of aromatic carboxylic acids is 1. The number of hydrogen-bond acceptors (Lipinski definition) is 4. The van der Waals surface area contributed by atoms with Crippen LogP contribution in [0.5, 0.6) is 0 Å². The normalized spacial score (nSPS) is 10.3. The first kappa shape index (κ1) is 10.6. The molecule has 82 valence electrons. The molecule has 0 unspecified atom stereocenters. The van der Waals surface area contributed by atoms with Gasteiger partial charge in [-0.15, -0.1) is 0 Å². The molecule has 2 N–H and O–H groups in total. The third-order valence-corrected chi connectivity index (χ3v) is 2.80. The summed E-state index contributed by atoms with van der Waals surface area (Å²) in [5.74, 6) is -1.78. The first-order valence-electron chi connectivity index (χ1n) is 4.23. The Bertz CT molecular complexity index is 515. The minimum atomic E-state index is -1.18. The van der Waals surface area contributed by atoms with Gasteiger partial charge >= 0.3 is 5.97 Å². The quantitative estimate of drug-likeness (QED) is 0.853. The van der Waals surface area contributed by atoms with Crippen LogP contribution >= 0.6 is 11.8 Å². The number of benzene rings is 1. The summed E-state index contributed by atoms with van der Waals surface area (Å²) >= 11 is 0.891. The molecule has 0 saturated heterocycles. The first-order chi connectivity index (χ1) is 7.68. The fraction of sp³-hybridized carbons (Fsp3) is 0. The molecule has 0 amide bonds. The predicted octanol–water partition coefficient (Wildman–Crippen LogP) is 1.79. The molecule has 1 heterocycles. The van der Waals surface area contributed by atoms with Crippen LogP contribution in [0.2, 0.25) is 0 Å². The average Bonchev–Trinajstić information content (AvgIpc) is 2.73. The van der Waals surface area contributed by atoms with Gasteiger partial charge in [0.15, 0.2) is 5.16 Å². The molecule has 0 aliphatic carbocycles. The lowest BCUT2D eigenvalue weighted by atomic mass is 10.2. The predicted molar refractivity (Wildman–Crippen MR) is 53.9 cm³/mol.